The minimum atomic E-state index is 0.383. The van der Waals surface area contributed by atoms with Crippen molar-refractivity contribution in [3.05, 3.63) is 36.2 Å². The fraction of sp³-hybridized carbons (Fsp3) is 0.375. The van der Waals surface area contributed by atoms with E-state index in [0.29, 0.717) is 17.4 Å². The number of benzene rings is 1. The lowest BCUT2D eigenvalue weighted by molar-refractivity contribution is 0.464. The minimum Gasteiger partial charge on any atom is -0.437 e. The normalized spacial score (nSPS) is 10.4. The van der Waals surface area contributed by atoms with Gasteiger partial charge in [0.15, 0.2) is 5.82 Å². The van der Waals surface area contributed by atoms with Gasteiger partial charge in [-0.2, -0.15) is 4.98 Å². The van der Waals surface area contributed by atoms with E-state index in [4.69, 9.17) is 10.5 Å². The smallest absolute Gasteiger partial charge is 0.248 e. The molecule has 112 valence electrons. The largest absolute Gasteiger partial charge is 0.437 e. The summed E-state index contributed by atoms with van der Waals surface area (Å²) in [6, 6.07) is 7.91. The molecule has 0 aliphatic carbocycles. The van der Waals surface area contributed by atoms with Crippen molar-refractivity contribution < 1.29 is 4.74 Å². The van der Waals surface area contributed by atoms with Gasteiger partial charge in [0.2, 0.25) is 5.88 Å². The molecule has 5 nitrogen and oxygen atoms in total. The van der Waals surface area contributed by atoms with E-state index in [1.807, 2.05) is 24.3 Å². The lowest BCUT2D eigenvalue weighted by Gasteiger charge is -2.11. The van der Waals surface area contributed by atoms with Crippen LogP contribution in [-0.4, -0.2) is 16.5 Å². The average Bonchev–Trinajstić information content (AvgIpc) is 2.52. The second kappa shape index (κ2) is 7.47. The van der Waals surface area contributed by atoms with Gasteiger partial charge in [0.25, 0.3) is 0 Å². The Balaban J connectivity index is 2.10. The second-order valence-corrected chi connectivity index (χ2v) is 4.82. The summed E-state index contributed by atoms with van der Waals surface area (Å²) in [6.07, 6.45) is 4.64. The van der Waals surface area contributed by atoms with Crippen molar-refractivity contribution >= 4 is 11.5 Å². The van der Waals surface area contributed by atoms with Crippen LogP contribution in [0.15, 0.2) is 30.6 Å². The van der Waals surface area contributed by atoms with Crippen LogP contribution in [0.4, 0.5) is 11.5 Å². The first kappa shape index (κ1) is 15.1. The van der Waals surface area contributed by atoms with E-state index in [1.54, 1.807) is 0 Å². The number of nitrogens with zero attached hydrogens (tertiary/aromatic N) is 2. The highest BCUT2D eigenvalue weighted by Crippen LogP contribution is 2.29. The number of hydrogen-bond acceptors (Lipinski definition) is 5. The van der Waals surface area contributed by atoms with Crippen molar-refractivity contribution in [3.8, 4) is 11.6 Å². The Morgan fingerprint density at radius 1 is 1.14 bits per heavy atom. The van der Waals surface area contributed by atoms with Crippen LogP contribution >= 0.6 is 0 Å². The van der Waals surface area contributed by atoms with Crippen LogP contribution in [-0.2, 0) is 6.42 Å². The Morgan fingerprint density at radius 3 is 2.57 bits per heavy atom. The van der Waals surface area contributed by atoms with Gasteiger partial charge < -0.3 is 15.8 Å². The number of ether oxygens (including phenoxy) is 1. The van der Waals surface area contributed by atoms with Crippen molar-refractivity contribution in [1.82, 2.24) is 9.97 Å². The molecule has 2 aromatic rings. The summed E-state index contributed by atoms with van der Waals surface area (Å²) < 4.78 is 5.74. The van der Waals surface area contributed by atoms with Crippen LogP contribution in [0.1, 0.15) is 32.3 Å². The molecule has 0 bridgehead atoms. The topological polar surface area (TPSA) is 73.1 Å². The van der Waals surface area contributed by atoms with Gasteiger partial charge in [-0.1, -0.05) is 32.4 Å². The lowest BCUT2D eigenvalue weighted by atomic mass is 10.2. The van der Waals surface area contributed by atoms with Crippen molar-refractivity contribution in [3.63, 3.8) is 0 Å². The molecule has 1 aromatic carbocycles. The van der Waals surface area contributed by atoms with E-state index < -0.39 is 0 Å². The minimum absolute atomic E-state index is 0.383. The molecule has 2 rings (SSSR count). The van der Waals surface area contributed by atoms with E-state index >= 15 is 0 Å². The molecular weight excluding hydrogens is 264 g/mol. The number of aromatic nitrogens is 2. The molecule has 0 saturated heterocycles. The standard InChI is InChI=1S/C16H22N4O/c1-3-5-10-18-15-14(17)16(20-11-19-15)21-13-8-6-12(4-2)7-9-13/h6-9,11H,3-5,10,17H2,1-2H3,(H,18,19,20). The van der Waals surface area contributed by atoms with Crippen molar-refractivity contribution in [1.29, 1.82) is 0 Å². The van der Waals surface area contributed by atoms with E-state index in [9.17, 15) is 0 Å². The number of rotatable bonds is 7. The number of nitrogens with two attached hydrogens (primary N) is 1. The number of hydrogen-bond donors (Lipinski definition) is 2. The SMILES string of the molecule is CCCCNc1ncnc(Oc2ccc(CC)cc2)c1N. The van der Waals surface area contributed by atoms with Gasteiger partial charge in [0.1, 0.15) is 17.8 Å². The zero-order valence-electron chi connectivity index (χ0n) is 12.6. The summed E-state index contributed by atoms with van der Waals surface area (Å²) in [5.41, 5.74) is 7.76. The molecule has 1 aromatic heterocycles. The highest BCUT2D eigenvalue weighted by molar-refractivity contribution is 5.66. The van der Waals surface area contributed by atoms with Gasteiger partial charge in [-0.3, -0.25) is 0 Å². The molecule has 0 spiro atoms. The van der Waals surface area contributed by atoms with Crippen LogP contribution in [0.25, 0.3) is 0 Å². The summed E-state index contributed by atoms with van der Waals surface area (Å²) in [5, 5.41) is 3.20. The second-order valence-electron chi connectivity index (χ2n) is 4.82. The highest BCUT2D eigenvalue weighted by Gasteiger charge is 2.09. The molecule has 1 heterocycles. The Labute approximate surface area is 125 Å². The Morgan fingerprint density at radius 2 is 1.90 bits per heavy atom. The summed E-state index contributed by atoms with van der Waals surface area (Å²) >= 11 is 0. The number of anilines is 2. The van der Waals surface area contributed by atoms with E-state index in [0.717, 1.165) is 31.6 Å². The molecule has 3 N–H and O–H groups in total. The number of nitrogens with one attached hydrogen (secondary N) is 1. The maximum Gasteiger partial charge on any atom is 0.248 e. The molecule has 5 heteroatoms. The lowest BCUT2D eigenvalue weighted by Crippen LogP contribution is -2.07. The Hall–Kier alpha value is -2.30. The molecule has 0 saturated carbocycles. The van der Waals surface area contributed by atoms with Crippen LogP contribution in [0.3, 0.4) is 0 Å². The fourth-order valence-corrected chi connectivity index (χ4v) is 1.89. The maximum atomic E-state index is 6.06. The molecule has 0 aliphatic heterocycles. The quantitative estimate of drug-likeness (QED) is 0.760. The van der Waals surface area contributed by atoms with Crippen LogP contribution in [0.2, 0.25) is 0 Å². The summed E-state index contributed by atoms with van der Waals surface area (Å²) in [6.45, 7) is 5.09. The predicted molar refractivity (Wildman–Crippen MR) is 85.7 cm³/mol. The Bertz CT molecular complexity index is 569. The first-order chi connectivity index (χ1) is 10.2. The van der Waals surface area contributed by atoms with Gasteiger partial charge in [-0.05, 0) is 30.5 Å². The third kappa shape index (κ3) is 4.08. The van der Waals surface area contributed by atoms with E-state index in [-0.39, 0.29) is 0 Å². The van der Waals surface area contributed by atoms with Crippen LogP contribution < -0.4 is 15.8 Å². The van der Waals surface area contributed by atoms with Gasteiger partial charge in [0.05, 0.1) is 0 Å². The van der Waals surface area contributed by atoms with Gasteiger partial charge in [-0.15, -0.1) is 0 Å². The van der Waals surface area contributed by atoms with Crippen LogP contribution in [0.5, 0.6) is 11.6 Å². The van der Waals surface area contributed by atoms with E-state index in [1.165, 1.54) is 11.9 Å². The van der Waals surface area contributed by atoms with Crippen molar-refractivity contribution in [2.45, 2.75) is 33.1 Å². The molecule has 0 unspecified atom stereocenters. The molecule has 0 fully saturated rings. The monoisotopic (exact) mass is 286 g/mol. The highest BCUT2D eigenvalue weighted by atomic mass is 16.5. The number of aryl methyl sites for hydroxylation is 1. The molecule has 0 radical (unpaired) electrons. The zero-order valence-corrected chi connectivity index (χ0v) is 12.6. The molecule has 0 amide bonds. The van der Waals surface area contributed by atoms with E-state index in [2.05, 4.69) is 29.1 Å². The third-order valence-electron chi connectivity index (χ3n) is 3.22. The molecule has 0 atom stereocenters. The fourth-order valence-electron chi connectivity index (χ4n) is 1.89. The number of nitrogen functional groups attached to an aromatic ring is 1. The van der Waals surface area contributed by atoms with Gasteiger partial charge in [0, 0.05) is 6.54 Å². The zero-order chi connectivity index (χ0) is 15.1. The molecule has 21 heavy (non-hydrogen) atoms. The van der Waals surface area contributed by atoms with Gasteiger partial charge >= 0.3 is 0 Å². The summed E-state index contributed by atoms with van der Waals surface area (Å²) in [7, 11) is 0. The maximum absolute atomic E-state index is 6.06. The van der Waals surface area contributed by atoms with Crippen molar-refractivity contribution in [2.75, 3.05) is 17.6 Å². The number of unbranched alkanes of at least 4 members (excludes halogenated alkanes) is 1. The Kier molecular flexibility index (Phi) is 5.37. The molecular formula is C16H22N4O. The summed E-state index contributed by atoms with van der Waals surface area (Å²) in [5.74, 6) is 1.73. The first-order valence-corrected chi connectivity index (χ1v) is 7.35. The molecule has 0 aliphatic rings. The first-order valence-electron chi connectivity index (χ1n) is 7.35. The average molecular weight is 286 g/mol. The van der Waals surface area contributed by atoms with Crippen LogP contribution in [0, 0.1) is 0 Å². The van der Waals surface area contributed by atoms with Gasteiger partial charge in [-0.25, -0.2) is 4.98 Å². The predicted octanol–water partition coefficient (Wildman–Crippen LogP) is 3.63. The third-order valence-corrected chi connectivity index (χ3v) is 3.22. The van der Waals surface area contributed by atoms with Crippen molar-refractivity contribution in [2.24, 2.45) is 0 Å². The summed E-state index contributed by atoms with van der Waals surface area (Å²) in [4.78, 5) is 8.26.